The molecule has 0 spiro atoms. The molecule has 0 aliphatic heterocycles. The van der Waals surface area contributed by atoms with Crippen LogP contribution in [0.15, 0.2) is 12.5 Å². The van der Waals surface area contributed by atoms with Gasteiger partial charge in [0.15, 0.2) is 0 Å². The van der Waals surface area contributed by atoms with Crippen LogP contribution >= 0.6 is 0 Å². The van der Waals surface area contributed by atoms with E-state index in [0.717, 1.165) is 5.69 Å². The van der Waals surface area contributed by atoms with Gasteiger partial charge in [-0.15, -0.1) is 0 Å². The Morgan fingerprint density at radius 2 is 2.00 bits per heavy atom. The molecule has 0 amide bonds. The van der Waals surface area contributed by atoms with Gasteiger partial charge in [-0.25, -0.2) is 4.98 Å². The number of rotatable bonds is 2. The molecule has 0 unspecified atom stereocenters. The molecule has 0 aliphatic carbocycles. The van der Waals surface area contributed by atoms with Crippen molar-refractivity contribution in [1.82, 2.24) is 9.55 Å². The third-order valence-electron chi connectivity index (χ3n) is 1.08. The fraction of sp³-hybridized carbons (Fsp3) is 0.333. The van der Waals surface area contributed by atoms with Crippen molar-refractivity contribution in [1.29, 1.82) is 0 Å². The van der Waals surface area contributed by atoms with Gasteiger partial charge in [0.1, 0.15) is 6.54 Å². The third kappa shape index (κ3) is 10.4. The quantitative estimate of drug-likeness (QED) is 0.616. The normalized spacial score (nSPS) is 10.5. The minimum Gasteiger partial charge on any atom is -0.480 e. The lowest BCUT2D eigenvalue weighted by atomic mass is 10.3. The standard InChI is InChI=1S/C6H8N2O2.BF4/c1-5-2-8(4-7-5)3-6(9)10;2-1(3,4)5/h2,4H,3H2,1H3,(H,9,10);/q;-1. The van der Waals surface area contributed by atoms with Crippen LogP contribution in [0.5, 0.6) is 0 Å². The molecule has 0 bridgehead atoms. The van der Waals surface area contributed by atoms with Crippen LogP contribution in [0.25, 0.3) is 0 Å². The van der Waals surface area contributed by atoms with Crippen LogP contribution in [0, 0.1) is 6.92 Å². The number of carboxylic acids is 1. The summed E-state index contributed by atoms with van der Waals surface area (Å²) in [5.41, 5.74) is 0.834. The molecule has 1 rings (SSSR count). The summed E-state index contributed by atoms with van der Waals surface area (Å²) >= 11 is 0. The molecule has 0 saturated heterocycles. The van der Waals surface area contributed by atoms with E-state index in [1.165, 1.54) is 10.9 Å². The highest BCUT2D eigenvalue weighted by molar-refractivity contribution is 6.50. The van der Waals surface area contributed by atoms with Crippen molar-refractivity contribution in [3.8, 4) is 0 Å². The Kier molecular flexibility index (Phi) is 4.82. The van der Waals surface area contributed by atoms with Gasteiger partial charge in [0.25, 0.3) is 0 Å². The monoisotopic (exact) mass is 227 g/mol. The highest BCUT2D eigenvalue weighted by Gasteiger charge is 2.20. The number of imidazole rings is 1. The first-order valence-electron chi connectivity index (χ1n) is 3.76. The first-order valence-corrected chi connectivity index (χ1v) is 3.76. The number of carboxylic acid groups (broad SMARTS) is 1. The van der Waals surface area contributed by atoms with Crippen molar-refractivity contribution in [2.45, 2.75) is 13.5 Å². The van der Waals surface area contributed by atoms with Crippen LogP contribution in [0.1, 0.15) is 5.69 Å². The predicted octanol–water partition coefficient (Wildman–Crippen LogP) is 1.58. The summed E-state index contributed by atoms with van der Waals surface area (Å²) in [4.78, 5) is 14.0. The zero-order chi connectivity index (χ0) is 12.1. The van der Waals surface area contributed by atoms with Gasteiger partial charge in [0.2, 0.25) is 0 Å². The summed E-state index contributed by atoms with van der Waals surface area (Å²) in [6.07, 6.45) is 3.19. The van der Waals surface area contributed by atoms with Crippen molar-refractivity contribution < 1.29 is 27.2 Å². The Labute approximate surface area is 82.6 Å². The maximum atomic E-state index is 10.1. The minimum atomic E-state index is -6.00. The fourth-order valence-corrected chi connectivity index (χ4v) is 0.715. The largest absolute Gasteiger partial charge is 0.673 e. The molecular weight excluding hydrogens is 219 g/mol. The maximum Gasteiger partial charge on any atom is 0.673 e. The van der Waals surface area contributed by atoms with E-state index in [0.29, 0.717) is 0 Å². The SMILES string of the molecule is Cc1cn(CC(=O)O)cn1.F[B-](F)(F)F. The van der Waals surface area contributed by atoms with Crippen molar-refractivity contribution >= 4 is 13.2 Å². The summed E-state index contributed by atoms with van der Waals surface area (Å²) in [7, 11) is -6.00. The number of hydrogen-bond acceptors (Lipinski definition) is 2. The molecule has 9 heteroatoms. The van der Waals surface area contributed by atoms with E-state index in [9.17, 15) is 22.1 Å². The van der Waals surface area contributed by atoms with Crippen LogP contribution < -0.4 is 0 Å². The average Bonchev–Trinajstić information content (AvgIpc) is 2.29. The first-order chi connectivity index (χ1) is 6.68. The number of hydrogen-bond donors (Lipinski definition) is 1. The average molecular weight is 227 g/mol. The smallest absolute Gasteiger partial charge is 0.480 e. The maximum absolute atomic E-state index is 10.1. The van der Waals surface area contributed by atoms with E-state index >= 15 is 0 Å². The van der Waals surface area contributed by atoms with Gasteiger partial charge in [-0.2, -0.15) is 0 Å². The summed E-state index contributed by atoms with van der Waals surface area (Å²) < 4.78 is 40.5. The van der Waals surface area contributed by atoms with E-state index in [-0.39, 0.29) is 6.54 Å². The molecule has 1 aromatic rings. The molecule has 0 aromatic carbocycles. The second-order valence-corrected chi connectivity index (χ2v) is 2.58. The third-order valence-corrected chi connectivity index (χ3v) is 1.08. The minimum absolute atomic E-state index is 0.0131. The molecule has 0 atom stereocenters. The number of aliphatic carboxylic acids is 1. The van der Waals surface area contributed by atoms with Crippen LogP contribution in [0.4, 0.5) is 17.3 Å². The van der Waals surface area contributed by atoms with Crippen LogP contribution in [-0.4, -0.2) is 27.9 Å². The molecule has 15 heavy (non-hydrogen) atoms. The predicted molar refractivity (Wildman–Crippen MR) is 44.8 cm³/mol. The van der Waals surface area contributed by atoms with Gasteiger partial charge < -0.3 is 26.9 Å². The Balaban J connectivity index is 0.000000336. The van der Waals surface area contributed by atoms with Crippen molar-refractivity contribution in [3.05, 3.63) is 18.2 Å². The van der Waals surface area contributed by atoms with E-state index < -0.39 is 13.2 Å². The molecule has 0 radical (unpaired) electrons. The van der Waals surface area contributed by atoms with Crippen molar-refractivity contribution in [2.24, 2.45) is 0 Å². The summed E-state index contributed by atoms with van der Waals surface area (Å²) in [6.45, 7) is 1.80. The van der Waals surface area contributed by atoms with E-state index in [1.54, 1.807) is 6.20 Å². The van der Waals surface area contributed by atoms with Gasteiger partial charge in [-0.3, -0.25) is 4.79 Å². The molecule has 0 saturated carbocycles. The number of carbonyl (C=O) groups is 1. The molecule has 86 valence electrons. The Morgan fingerprint density at radius 3 is 2.27 bits per heavy atom. The summed E-state index contributed by atoms with van der Waals surface area (Å²) in [5.74, 6) is -0.850. The fourth-order valence-electron chi connectivity index (χ4n) is 0.715. The molecular formula is C6H8BF4N2O2-. The van der Waals surface area contributed by atoms with E-state index in [2.05, 4.69) is 4.98 Å². The van der Waals surface area contributed by atoms with Crippen molar-refractivity contribution in [3.63, 3.8) is 0 Å². The number of nitrogens with zero attached hydrogens (tertiary/aromatic N) is 2. The first kappa shape index (κ1) is 13.5. The van der Waals surface area contributed by atoms with Crippen LogP contribution in [-0.2, 0) is 11.3 Å². The van der Waals surface area contributed by atoms with E-state index in [1.807, 2.05) is 6.92 Å². The highest BCUT2D eigenvalue weighted by Crippen LogP contribution is 2.06. The Morgan fingerprint density at radius 1 is 1.53 bits per heavy atom. The van der Waals surface area contributed by atoms with Gasteiger partial charge in [-0.1, -0.05) is 0 Å². The van der Waals surface area contributed by atoms with Crippen LogP contribution in [0.3, 0.4) is 0 Å². The number of aromatic nitrogens is 2. The molecule has 0 aliphatic rings. The molecule has 1 aromatic heterocycles. The molecule has 0 fully saturated rings. The molecule has 1 heterocycles. The molecule has 1 N–H and O–H groups in total. The van der Waals surface area contributed by atoms with E-state index in [4.69, 9.17) is 5.11 Å². The second-order valence-electron chi connectivity index (χ2n) is 2.58. The highest BCUT2D eigenvalue weighted by atomic mass is 19.5. The number of halogens is 4. The lowest BCUT2D eigenvalue weighted by Crippen LogP contribution is -2.06. The molecule has 4 nitrogen and oxygen atoms in total. The Bertz CT molecular complexity index is 319. The number of aryl methyl sites for hydroxylation is 1. The van der Waals surface area contributed by atoms with Gasteiger partial charge in [0, 0.05) is 6.20 Å². The van der Waals surface area contributed by atoms with Crippen LogP contribution in [0.2, 0.25) is 0 Å². The Hall–Kier alpha value is -1.54. The summed E-state index contributed by atoms with van der Waals surface area (Å²) in [5, 5.41) is 8.33. The second kappa shape index (κ2) is 5.37. The topological polar surface area (TPSA) is 55.1 Å². The zero-order valence-electron chi connectivity index (χ0n) is 7.70. The van der Waals surface area contributed by atoms with Crippen molar-refractivity contribution in [2.75, 3.05) is 0 Å². The lowest BCUT2D eigenvalue weighted by molar-refractivity contribution is -0.137. The lowest BCUT2D eigenvalue weighted by Gasteiger charge is -1.94. The van der Waals surface area contributed by atoms with Gasteiger partial charge in [-0.05, 0) is 6.92 Å². The zero-order valence-corrected chi connectivity index (χ0v) is 7.70. The summed E-state index contributed by atoms with van der Waals surface area (Å²) in [6, 6.07) is 0. The van der Waals surface area contributed by atoms with Gasteiger partial charge >= 0.3 is 13.2 Å². The van der Waals surface area contributed by atoms with Gasteiger partial charge in [0.05, 0.1) is 12.0 Å².